The van der Waals surface area contributed by atoms with E-state index in [1.807, 2.05) is 6.08 Å². The van der Waals surface area contributed by atoms with Crippen molar-refractivity contribution in [2.45, 2.75) is 25.9 Å². The Morgan fingerprint density at radius 1 is 1.12 bits per heavy atom. The van der Waals surface area contributed by atoms with Crippen LogP contribution >= 0.6 is 0 Å². The summed E-state index contributed by atoms with van der Waals surface area (Å²) in [5.74, 6) is -2.14. The minimum Gasteiger partial charge on any atom is -0.494 e. The fourth-order valence-corrected chi connectivity index (χ4v) is 3.19. The number of hydrogen-bond donors (Lipinski definition) is 0. The molecule has 0 aromatic heterocycles. The summed E-state index contributed by atoms with van der Waals surface area (Å²) in [5.41, 5.74) is 0.0411. The van der Waals surface area contributed by atoms with Gasteiger partial charge in [0, 0.05) is 28.7 Å². The van der Waals surface area contributed by atoms with Gasteiger partial charge in [-0.3, -0.25) is 0 Å². The molecule has 1 aliphatic rings. The lowest BCUT2D eigenvalue weighted by Gasteiger charge is -2.28. The minimum absolute atomic E-state index is 0.00677. The van der Waals surface area contributed by atoms with Gasteiger partial charge in [0.05, 0.1) is 19.3 Å². The second-order valence-electron chi connectivity index (χ2n) is 6.30. The van der Waals surface area contributed by atoms with Crippen LogP contribution in [0.3, 0.4) is 0 Å². The summed E-state index contributed by atoms with van der Waals surface area (Å²) in [5, 5.41) is 0. The Hall–Kier alpha value is -2.27. The molecule has 2 nitrogen and oxygen atoms in total. The van der Waals surface area contributed by atoms with Crippen LogP contribution in [-0.2, 0) is 4.74 Å². The van der Waals surface area contributed by atoms with Crippen molar-refractivity contribution in [1.82, 2.24) is 0 Å². The summed E-state index contributed by atoms with van der Waals surface area (Å²) < 4.78 is 54.4. The van der Waals surface area contributed by atoms with E-state index in [4.69, 9.17) is 9.47 Å². The van der Waals surface area contributed by atoms with Gasteiger partial charge in [-0.25, -0.2) is 13.2 Å². The first-order chi connectivity index (χ1) is 12.5. The van der Waals surface area contributed by atoms with Crippen molar-refractivity contribution >= 4 is 0 Å². The van der Waals surface area contributed by atoms with Gasteiger partial charge in [-0.15, -0.1) is 6.58 Å². The zero-order valence-electron chi connectivity index (χ0n) is 14.6. The van der Waals surface area contributed by atoms with Crippen molar-refractivity contribution in [2.24, 2.45) is 5.92 Å². The van der Waals surface area contributed by atoms with Crippen LogP contribution in [0.25, 0.3) is 11.1 Å². The van der Waals surface area contributed by atoms with E-state index in [0.29, 0.717) is 25.4 Å². The van der Waals surface area contributed by atoms with Gasteiger partial charge in [0.1, 0.15) is 11.6 Å². The normalized spacial score (nSPS) is 20.0. The number of ether oxygens (including phenoxy) is 2. The van der Waals surface area contributed by atoms with Crippen LogP contribution in [0.2, 0.25) is 0 Å². The van der Waals surface area contributed by atoms with E-state index in [0.717, 1.165) is 6.42 Å². The van der Waals surface area contributed by atoms with Crippen LogP contribution in [0.5, 0.6) is 5.75 Å². The molecule has 1 fully saturated rings. The van der Waals surface area contributed by atoms with Gasteiger partial charge in [0.15, 0.2) is 11.6 Å². The maximum atomic E-state index is 14.6. The van der Waals surface area contributed by atoms with Gasteiger partial charge in [-0.1, -0.05) is 18.2 Å². The quantitative estimate of drug-likeness (QED) is 0.624. The average Bonchev–Trinajstić information content (AvgIpc) is 2.65. The highest BCUT2D eigenvalue weighted by molar-refractivity contribution is 5.66. The van der Waals surface area contributed by atoms with E-state index in [-0.39, 0.29) is 22.6 Å². The standard InChI is InChI=1S/C21H21F3O2/c1-3-13-5-10-19(26-12-13)17-9-8-16(20(23)21(17)24)15-7-6-14(25-4-2)11-18(15)22/h3,6-9,11,13,19H,1,4-5,10,12H2,2H3. The number of hydrogen-bond acceptors (Lipinski definition) is 2. The molecular weight excluding hydrogens is 341 g/mol. The summed E-state index contributed by atoms with van der Waals surface area (Å²) in [6, 6.07) is 6.97. The van der Waals surface area contributed by atoms with Crippen LogP contribution in [0.4, 0.5) is 13.2 Å². The van der Waals surface area contributed by atoms with E-state index in [1.165, 1.54) is 30.3 Å². The Morgan fingerprint density at radius 3 is 2.50 bits per heavy atom. The molecule has 1 saturated heterocycles. The maximum absolute atomic E-state index is 14.6. The first-order valence-electron chi connectivity index (χ1n) is 8.69. The highest BCUT2D eigenvalue weighted by Crippen LogP contribution is 2.36. The molecule has 138 valence electrons. The zero-order valence-corrected chi connectivity index (χ0v) is 14.6. The van der Waals surface area contributed by atoms with Crippen LogP contribution in [0, 0.1) is 23.4 Å². The Bertz CT molecular complexity index is 796. The van der Waals surface area contributed by atoms with Gasteiger partial charge < -0.3 is 9.47 Å². The maximum Gasteiger partial charge on any atom is 0.167 e. The van der Waals surface area contributed by atoms with E-state index in [2.05, 4.69) is 6.58 Å². The highest BCUT2D eigenvalue weighted by Gasteiger charge is 2.26. The third kappa shape index (κ3) is 3.63. The summed E-state index contributed by atoms with van der Waals surface area (Å²) >= 11 is 0. The lowest BCUT2D eigenvalue weighted by atomic mass is 9.93. The van der Waals surface area contributed by atoms with E-state index >= 15 is 0 Å². The van der Waals surface area contributed by atoms with Crippen LogP contribution in [0.15, 0.2) is 43.0 Å². The predicted octanol–water partition coefficient (Wildman–Crippen LogP) is 5.82. The molecule has 1 heterocycles. The first-order valence-corrected chi connectivity index (χ1v) is 8.69. The molecule has 3 rings (SSSR count). The lowest BCUT2D eigenvalue weighted by molar-refractivity contribution is -0.00732. The third-order valence-electron chi connectivity index (χ3n) is 4.65. The minimum atomic E-state index is -1.07. The Labute approximate surface area is 151 Å². The van der Waals surface area contributed by atoms with Gasteiger partial charge in [0.2, 0.25) is 0 Å². The monoisotopic (exact) mass is 362 g/mol. The lowest BCUT2D eigenvalue weighted by Crippen LogP contribution is -2.20. The molecule has 2 aromatic rings. The summed E-state index contributed by atoms with van der Waals surface area (Å²) in [6.45, 7) is 6.34. The molecule has 2 atom stereocenters. The van der Waals surface area contributed by atoms with Crippen LogP contribution in [0.1, 0.15) is 31.4 Å². The SMILES string of the molecule is C=CC1CCC(c2ccc(-c3ccc(OCC)cc3F)c(F)c2F)OC1. The van der Waals surface area contributed by atoms with Crippen LogP contribution < -0.4 is 4.74 Å². The number of halogens is 3. The van der Waals surface area contributed by atoms with E-state index < -0.39 is 23.6 Å². The Balaban J connectivity index is 1.89. The van der Waals surface area contributed by atoms with Crippen molar-refractivity contribution in [2.75, 3.05) is 13.2 Å². The molecule has 0 aliphatic carbocycles. The van der Waals surface area contributed by atoms with Gasteiger partial charge in [-0.05, 0) is 31.9 Å². The van der Waals surface area contributed by atoms with Gasteiger partial charge >= 0.3 is 0 Å². The molecule has 0 bridgehead atoms. The summed E-state index contributed by atoms with van der Waals surface area (Å²) in [6.07, 6.45) is 2.71. The summed E-state index contributed by atoms with van der Waals surface area (Å²) in [7, 11) is 0. The molecule has 1 aliphatic heterocycles. The topological polar surface area (TPSA) is 18.5 Å². The van der Waals surface area contributed by atoms with Crippen molar-refractivity contribution < 1.29 is 22.6 Å². The highest BCUT2D eigenvalue weighted by atomic mass is 19.2. The summed E-state index contributed by atoms with van der Waals surface area (Å²) in [4.78, 5) is 0. The second-order valence-corrected chi connectivity index (χ2v) is 6.30. The largest absolute Gasteiger partial charge is 0.494 e. The van der Waals surface area contributed by atoms with Crippen molar-refractivity contribution in [3.63, 3.8) is 0 Å². The molecule has 2 unspecified atom stereocenters. The Morgan fingerprint density at radius 2 is 1.88 bits per heavy atom. The van der Waals surface area contributed by atoms with E-state index in [9.17, 15) is 13.2 Å². The predicted molar refractivity (Wildman–Crippen MR) is 94.5 cm³/mol. The smallest absolute Gasteiger partial charge is 0.167 e. The molecule has 2 aromatic carbocycles. The first kappa shape index (κ1) is 18.5. The van der Waals surface area contributed by atoms with Crippen molar-refractivity contribution in [3.8, 4) is 16.9 Å². The molecule has 26 heavy (non-hydrogen) atoms. The Kier molecular flexibility index (Phi) is 5.67. The van der Waals surface area contributed by atoms with Crippen molar-refractivity contribution in [1.29, 1.82) is 0 Å². The molecule has 0 spiro atoms. The molecule has 0 saturated carbocycles. The van der Waals surface area contributed by atoms with Gasteiger partial charge in [0.25, 0.3) is 0 Å². The zero-order chi connectivity index (χ0) is 18.7. The van der Waals surface area contributed by atoms with E-state index in [1.54, 1.807) is 6.92 Å². The van der Waals surface area contributed by atoms with Crippen LogP contribution in [-0.4, -0.2) is 13.2 Å². The number of rotatable bonds is 5. The van der Waals surface area contributed by atoms with Crippen molar-refractivity contribution in [3.05, 3.63) is 66.0 Å². The number of benzene rings is 2. The molecule has 5 heteroatoms. The second kappa shape index (κ2) is 7.96. The molecule has 0 N–H and O–H groups in total. The fraction of sp³-hybridized carbons (Fsp3) is 0.333. The molecule has 0 radical (unpaired) electrons. The molecular formula is C21H21F3O2. The molecule has 0 amide bonds. The third-order valence-corrected chi connectivity index (χ3v) is 4.65. The van der Waals surface area contributed by atoms with Gasteiger partial charge in [-0.2, -0.15) is 0 Å². The average molecular weight is 362 g/mol. The fourth-order valence-electron chi connectivity index (χ4n) is 3.19.